The largest absolute Gasteiger partial charge is 0.467 e. The Balaban J connectivity index is 1.19. The van der Waals surface area contributed by atoms with Gasteiger partial charge in [0.2, 0.25) is 5.91 Å². The van der Waals surface area contributed by atoms with Crippen LogP contribution in [0.15, 0.2) is 47.0 Å². The highest BCUT2D eigenvalue weighted by molar-refractivity contribution is 7.20. The number of aromatic nitrogens is 2. The lowest BCUT2D eigenvalue weighted by Gasteiger charge is -2.31. The van der Waals surface area contributed by atoms with Crippen LogP contribution >= 0.6 is 11.3 Å². The monoisotopic (exact) mass is 407 g/mol. The molecular formula is C22H21N3O3S. The van der Waals surface area contributed by atoms with Gasteiger partial charge in [-0.3, -0.25) is 4.79 Å². The maximum Gasteiger partial charge on any atom is 0.274 e. The van der Waals surface area contributed by atoms with Gasteiger partial charge >= 0.3 is 0 Å². The predicted molar refractivity (Wildman–Crippen MR) is 112 cm³/mol. The number of nitrogens with zero attached hydrogens (tertiary/aromatic N) is 3. The van der Waals surface area contributed by atoms with Gasteiger partial charge in [0.15, 0.2) is 5.58 Å². The number of piperidine rings is 1. The molecule has 0 saturated carbocycles. The molecule has 1 aliphatic heterocycles. The zero-order chi connectivity index (χ0) is 19.8. The van der Waals surface area contributed by atoms with E-state index in [1.807, 2.05) is 35.2 Å². The van der Waals surface area contributed by atoms with Crippen LogP contribution in [-0.2, 0) is 11.2 Å². The topological polar surface area (TPSA) is 68.5 Å². The molecule has 3 heterocycles. The van der Waals surface area contributed by atoms with E-state index in [0.717, 1.165) is 34.0 Å². The van der Waals surface area contributed by atoms with Crippen molar-refractivity contribution in [1.82, 2.24) is 15.0 Å². The van der Waals surface area contributed by atoms with E-state index in [2.05, 4.69) is 29.2 Å². The number of thiazole rings is 1. The highest BCUT2D eigenvalue weighted by Gasteiger charge is 2.26. The molecule has 0 aliphatic carbocycles. The number of carbonyl (C=O) groups is 1. The summed E-state index contributed by atoms with van der Waals surface area (Å²) in [5, 5.41) is 5.70. The van der Waals surface area contributed by atoms with Gasteiger partial charge in [0.05, 0.1) is 16.6 Å². The Morgan fingerprint density at radius 3 is 2.86 bits per heavy atom. The van der Waals surface area contributed by atoms with E-state index in [9.17, 15) is 4.79 Å². The van der Waals surface area contributed by atoms with Gasteiger partial charge in [-0.05, 0) is 30.7 Å². The fraction of sp³-hybridized carbons (Fsp3) is 0.318. The number of aryl methyl sites for hydroxylation is 1. The number of rotatable bonds is 4. The Hall–Kier alpha value is -2.93. The summed E-state index contributed by atoms with van der Waals surface area (Å²) in [6.45, 7) is 3.43. The molecule has 0 unspecified atom stereocenters. The van der Waals surface area contributed by atoms with Crippen molar-refractivity contribution in [2.24, 2.45) is 0 Å². The number of amides is 1. The summed E-state index contributed by atoms with van der Waals surface area (Å²) >= 11 is 1.58. The van der Waals surface area contributed by atoms with Gasteiger partial charge in [-0.15, -0.1) is 0 Å². The van der Waals surface area contributed by atoms with Crippen LogP contribution in [0.25, 0.3) is 21.2 Å². The number of para-hydroxylation sites is 2. The second kappa shape index (κ2) is 7.48. The molecule has 7 heteroatoms. The number of likely N-dealkylation sites (tertiary alicyclic amines) is 1. The van der Waals surface area contributed by atoms with Crippen LogP contribution in [-0.4, -0.2) is 40.1 Å². The summed E-state index contributed by atoms with van der Waals surface area (Å²) in [7, 11) is 0. The molecular weight excluding hydrogens is 386 g/mol. The standard InChI is InChI=1S/C22H21N3O3S/c1-14-5-4-8-19-21(14)23-22(29-19)27-15-9-11-25(12-10-15)20(26)13-17-16-6-2-3-7-18(16)28-24-17/h2-8,15H,9-13H2,1H3. The molecule has 1 aliphatic rings. The van der Waals surface area contributed by atoms with Gasteiger partial charge in [-0.2, -0.15) is 0 Å². The predicted octanol–water partition coefficient (Wildman–Crippen LogP) is 4.36. The smallest absolute Gasteiger partial charge is 0.274 e. The normalized spacial score (nSPS) is 15.3. The van der Waals surface area contributed by atoms with E-state index >= 15 is 0 Å². The molecule has 148 valence electrons. The SMILES string of the molecule is Cc1cccc2sc(OC3CCN(C(=O)Cc4noc5ccccc45)CC3)nc12. The second-order valence-electron chi connectivity index (χ2n) is 7.40. The average molecular weight is 407 g/mol. The van der Waals surface area contributed by atoms with Crippen LogP contribution < -0.4 is 4.74 Å². The molecule has 0 N–H and O–H groups in total. The lowest BCUT2D eigenvalue weighted by Crippen LogP contribution is -2.42. The molecule has 0 bridgehead atoms. The van der Waals surface area contributed by atoms with Crippen molar-refractivity contribution in [3.63, 3.8) is 0 Å². The first-order valence-electron chi connectivity index (χ1n) is 9.81. The first-order chi connectivity index (χ1) is 14.2. The minimum absolute atomic E-state index is 0.0816. The highest BCUT2D eigenvalue weighted by atomic mass is 32.1. The maximum atomic E-state index is 12.7. The lowest BCUT2D eigenvalue weighted by molar-refractivity contribution is -0.132. The van der Waals surface area contributed by atoms with Gasteiger partial charge in [0.25, 0.3) is 5.19 Å². The van der Waals surface area contributed by atoms with Gasteiger partial charge in [0, 0.05) is 31.3 Å². The van der Waals surface area contributed by atoms with E-state index in [4.69, 9.17) is 9.26 Å². The summed E-state index contributed by atoms with van der Waals surface area (Å²) < 4.78 is 12.6. The molecule has 5 rings (SSSR count). The molecule has 4 aromatic rings. The van der Waals surface area contributed by atoms with Crippen LogP contribution in [0.2, 0.25) is 0 Å². The second-order valence-corrected chi connectivity index (χ2v) is 8.39. The Labute approximate surface area is 172 Å². The third-order valence-corrected chi connectivity index (χ3v) is 6.35. The minimum atomic E-state index is 0.0816. The molecule has 1 saturated heterocycles. The van der Waals surface area contributed by atoms with Crippen LogP contribution in [0, 0.1) is 6.92 Å². The Morgan fingerprint density at radius 2 is 2.03 bits per heavy atom. The Morgan fingerprint density at radius 1 is 1.21 bits per heavy atom. The number of hydrogen-bond acceptors (Lipinski definition) is 6. The van der Waals surface area contributed by atoms with Crippen molar-refractivity contribution in [1.29, 1.82) is 0 Å². The summed E-state index contributed by atoms with van der Waals surface area (Å²) in [5.74, 6) is 0.0816. The van der Waals surface area contributed by atoms with Crippen molar-refractivity contribution >= 4 is 38.4 Å². The average Bonchev–Trinajstić information content (AvgIpc) is 3.33. The van der Waals surface area contributed by atoms with Crippen LogP contribution in [0.5, 0.6) is 5.19 Å². The van der Waals surface area contributed by atoms with Crippen molar-refractivity contribution < 1.29 is 14.1 Å². The molecule has 6 nitrogen and oxygen atoms in total. The molecule has 0 spiro atoms. The van der Waals surface area contributed by atoms with Gasteiger partial charge < -0.3 is 14.2 Å². The van der Waals surface area contributed by atoms with Crippen molar-refractivity contribution in [3.05, 3.63) is 53.7 Å². The first kappa shape index (κ1) is 18.1. The highest BCUT2D eigenvalue weighted by Crippen LogP contribution is 2.31. The maximum absolute atomic E-state index is 12.7. The van der Waals surface area contributed by atoms with Gasteiger partial charge in [0.1, 0.15) is 11.8 Å². The fourth-order valence-corrected chi connectivity index (χ4v) is 4.76. The van der Waals surface area contributed by atoms with Gasteiger partial charge in [-0.1, -0.05) is 40.8 Å². The number of carbonyl (C=O) groups excluding carboxylic acids is 1. The number of fused-ring (bicyclic) bond motifs is 2. The quantitative estimate of drug-likeness (QED) is 0.503. The fourth-order valence-electron chi connectivity index (χ4n) is 3.80. The van der Waals surface area contributed by atoms with Crippen molar-refractivity contribution in [3.8, 4) is 5.19 Å². The minimum Gasteiger partial charge on any atom is -0.467 e. The number of hydrogen-bond donors (Lipinski definition) is 0. The lowest BCUT2D eigenvalue weighted by atomic mass is 10.1. The van der Waals surface area contributed by atoms with E-state index in [-0.39, 0.29) is 18.4 Å². The van der Waals surface area contributed by atoms with E-state index in [1.165, 1.54) is 0 Å². The molecule has 0 radical (unpaired) electrons. The molecule has 29 heavy (non-hydrogen) atoms. The Bertz CT molecular complexity index is 1170. The zero-order valence-corrected chi connectivity index (χ0v) is 16.9. The molecule has 2 aromatic carbocycles. The van der Waals surface area contributed by atoms with Crippen molar-refractivity contribution in [2.75, 3.05) is 13.1 Å². The molecule has 0 atom stereocenters. The molecule has 2 aromatic heterocycles. The third kappa shape index (κ3) is 3.58. The number of benzene rings is 2. The van der Waals surface area contributed by atoms with Crippen LogP contribution in [0.1, 0.15) is 24.1 Å². The summed E-state index contributed by atoms with van der Waals surface area (Å²) in [5.41, 5.74) is 3.59. The Kier molecular flexibility index (Phi) is 4.67. The van der Waals surface area contributed by atoms with Crippen molar-refractivity contribution in [2.45, 2.75) is 32.3 Å². The summed E-state index contributed by atoms with van der Waals surface area (Å²) in [4.78, 5) is 19.3. The first-order valence-corrected chi connectivity index (χ1v) is 10.6. The zero-order valence-electron chi connectivity index (χ0n) is 16.1. The summed E-state index contributed by atoms with van der Waals surface area (Å²) in [6.07, 6.45) is 1.97. The van der Waals surface area contributed by atoms with Crippen LogP contribution in [0.4, 0.5) is 0 Å². The molecule has 1 amide bonds. The molecule has 1 fully saturated rings. The summed E-state index contributed by atoms with van der Waals surface area (Å²) in [6, 6.07) is 13.8. The van der Waals surface area contributed by atoms with Crippen LogP contribution in [0.3, 0.4) is 0 Å². The third-order valence-electron chi connectivity index (χ3n) is 5.43. The van der Waals surface area contributed by atoms with E-state index in [1.54, 1.807) is 11.3 Å². The van der Waals surface area contributed by atoms with E-state index in [0.29, 0.717) is 29.6 Å². The number of ether oxygens (including phenoxy) is 1. The van der Waals surface area contributed by atoms with E-state index < -0.39 is 0 Å². The van der Waals surface area contributed by atoms with Gasteiger partial charge in [-0.25, -0.2) is 4.98 Å².